The largest absolute Gasteiger partial charge is 0.363 e. The molecule has 3 heterocycles. The summed E-state index contributed by atoms with van der Waals surface area (Å²) in [6.45, 7) is 8.45. The minimum atomic E-state index is -2.90. The number of benzene rings is 1. The van der Waals surface area contributed by atoms with Crippen molar-refractivity contribution in [2.24, 2.45) is 7.05 Å². The molecule has 1 atom stereocenters. The van der Waals surface area contributed by atoms with Crippen molar-refractivity contribution in [2.45, 2.75) is 52.0 Å². The van der Waals surface area contributed by atoms with Gasteiger partial charge in [0.25, 0.3) is 12.0 Å². The first kappa shape index (κ1) is 24.2. The molecule has 1 fully saturated rings. The molecule has 4 rings (SSSR count). The fourth-order valence-electron chi connectivity index (χ4n) is 4.80. The first-order chi connectivity index (χ1) is 16.2. The van der Waals surface area contributed by atoms with Crippen LogP contribution in [0.3, 0.4) is 0 Å². The number of nitrogens with one attached hydrogen (secondary N) is 1. The van der Waals surface area contributed by atoms with Gasteiger partial charge in [0.1, 0.15) is 23.0 Å². The van der Waals surface area contributed by atoms with Gasteiger partial charge in [-0.1, -0.05) is 25.1 Å². The zero-order valence-corrected chi connectivity index (χ0v) is 19.9. The van der Waals surface area contributed by atoms with Gasteiger partial charge >= 0.3 is 0 Å². The molecule has 0 radical (unpaired) electrons. The second kappa shape index (κ2) is 9.74. The fourth-order valence-corrected chi connectivity index (χ4v) is 4.80. The summed E-state index contributed by atoms with van der Waals surface area (Å²) < 4.78 is 42.8. The first-order valence-electron chi connectivity index (χ1n) is 11.6. The number of piperidine rings is 1. The van der Waals surface area contributed by atoms with Crippen molar-refractivity contribution in [2.75, 3.05) is 25.0 Å². The maximum atomic E-state index is 14.7. The normalized spacial score (nSPS) is 16.4. The molecule has 0 spiro atoms. The van der Waals surface area contributed by atoms with E-state index in [9.17, 15) is 18.0 Å². The van der Waals surface area contributed by atoms with Crippen molar-refractivity contribution >= 4 is 16.7 Å². The Morgan fingerprint density at radius 1 is 1.18 bits per heavy atom. The summed E-state index contributed by atoms with van der Waals surface area (Å²) in [7, 11) is 1.77. The van der Waals surface area contributed by atoms with E-state index in [-0.39, 0.29) is 22.6 Å². The predicted octanol–water partition coefficient (Wildman–Crippen LogP) is 5.09. The highest BCUT2D eigenvalue weighted by atomic mass is 19.3. The SMILES string of the molecule is CCN1CCC(c2cc3c(N[C@H](C)c4cccc(C(F)F)c4F)nc(C)nc3c(=O)n2C)CC1. The minimum absolute atomic E-state index is 0.109. The lowest BCUT2D eigenvalue weighted by Gasteiger charge is -2.32. The Morgan fingerprint density at radius 2 is 1.85 bits per heavy atom. The Labute approximate surface area is 196 Å². The number of rotatable bonds is 6. The Kier molecular flexibility index (Phi) is 6.93. The van der Waals surface area contributed by atoms with Crippen molar-refractivity contribution in [3.63, 3.8) is 0 Å². The van der Waals surface area contributed by atoms with Crippen LogP contribution >= 0.6 is 0 Å². The van der Waals surface area contributed by atoms with Crippen LogP contribution in [0.4, 0.5) is 19.0 Å². The smallest absolute Gasteiger partial charge is 0.277 e. The number of halogens is 3. The molecule has 0 unspecified atom stereocenters. The number of aryl methyl sites for hydroxylation is 1. The lowest BCUT2D eigenvalue weighted by molar-refractivity contribution is 0.146. The molecule has 34 heavy (non-hydrogen) atoms. The number of aromatic nitrogens is 3. The maximum absolute atomic E-state index is 14.7. The van der Waals surface area contributed by atoms with Crippen LogP contribution in [0, 0.1) is 12.7 Å². The third-order valence-corrected chi connectivity index (χ3v) is 6.81. The van der Waals surface area contributed by atoms with E-state index < -0.39 is 23.8 Å². The van der Waals surface area contributed by atoms with Crippen molar-refractivity contribution in [1.82, 2.24) is 19.4 Å². The fraction of sp³-hybridized carbons (Fsp3) is 0.480. The number of pyridine rings is 1. The zero-order valence-electron chi connectivity index (χ0n) is 19.9. The van der Waals surface area contributed by atoms with Gasteiger partial charge in [-0.2, -0.15) is 0 Å². The lowest BCUT2D eigenvalue weighted by Crippen LogP contribution is -2.34. The zero-order chi connectivity index (χ0) is 24.6. The summed E-state index contributed by atoms with van der Waals surface area (Å²) >= 11 is 0. The van der Waals surface area contributed by atoms with Crippen LogP contribution in [-0.4, -0.2) is 39.1 Å². The second-order valence-corrected chi connectivity index (χ2v) is 8.94. The van der Waals surface area contributed by atoms with Crippen molar-refractivity contribution in [3.05, 3.63) is 63.1 Å². The van der Waals surface area contributed by atoms with Gasteiger partial charge in [0.05, 0.1) is 17.0 Å². The first-order valence-corrected chi connectivity index (χ1v) is 11.6. The maximum Gasteiger partial charge on any atom is 0.277 e. The quantitative estimate of drug-likeness (QED) is 0.541. The molecular formula is C25H30F3N5O. The third kappa shape index (κ3) is 4.53. The van der Waals surface area contributed by atoms with Crippen LogP contribution in [0.1, 0.15) is 67.7 Å². The standard InChI is InChI=1S/C25H30F3N5O/c1-5-33-11-9-16(10-12-33)20-13-19-22(25(34)32(20)4)30-15(3)31-24(19)29-14(2)17-7-6-8-18(21(17)26)23(27)28/h6-8,13-14,16,23H,5,9-12H2,1-4H3,(H,29,30,31)/t14-/m1/s1. The molecule has 0 amide bonds. The van der Waals surface area contributed by atoms with Gasteiger partial charge in [0.2, 0.25) is 0 Å². The van der Waals surface area contributed by atoms with E-state index in [1.165, 1.54) is 12.1 Å². The molecule has 1 N–H and O–H groups in total. The number of hydrogen-bond acceptors (Lipinski definition) is 5. The topological polar surface area (TPSA) is 63.0 Å². The number of nitrogens with zero attached hydrogens (tertiary/aromatic N) is 4. The summed E-state index contributed by atoms with van der Waals surface area (Å²) in [6, 6.07) is 5.26. The molecule has 0 saturated carbocycles. The third-order valence-electron chi connectivity index (χ3n) is 6.81. The lowest BCUT2D eigenvalue weighted by atomic mass is 9.92. The summed E-state index contributed by atoms with van der Waals surface area (Å²) in [4.78, 5) is 24.5. The number of hydrogen-bond donors (Lipinski definition) is 1. The van der Waals surface area contributed by atoms with E-state index in [0.29, 0.717) is 17.0 Å². The predicted molar refractivity (Wildman–Crippen MR) is 127 cm³/mol. The molecular weight excluding hydrogens is 443 g/mol. The van der Waals surface area contributed by atoms with Crippen LogP contribution in [0.2, 0.25) is 0 Å². The highest BCUT2D eigenvalue weighted by molar-refractivity contribution is 5.89. The molecule has 9 heteroatoms. The van der Waals surface area contributed by atoms with Crippen molar-refractivity contribution in [3.8, 4) is 0 Å². The van der Waals surface area contributed by atoms with Gasteiger partial charge in [-0.25, -0.2) is 23.1 Å². The molecule has 1 aliphatic rings. The van der Waals surface area contributed by atoms with Crippen molar-refractivity contribution in [1.29, 1.82) is 0 Å². The summed E-state index contributed by atoms with van der Waals surface area (Å²) in [5.41, 5.74) is 0.462. The van der Waals surface area contributed by atoms with E-state index in [1.807, 2.05) is 6.07 Å². The van der Waals surface area contributed by atoms with Gasteiger partial charge in [0, 0.05) is 24.2 Å². The molecule has 2 aromatic heterocycles. The molecule has 1 saturated heterocycles. The Hall–Kier alpha value is -2.94. The van der Waals surface area contributed by atoms with E-state index in [1.54, 1.807) is 25.5 Å². The highest BCUT2D eigenvalue weighted by Crippen LogP contribution is 2.32. The van der Waals surface area contributed by atoms with Gasteiger partial charge in [-0.15, -0.1) is 0 Å². The van der Waals surface area contributed by atoms with Crippen molar-refractivity contribution < 1.29 is 13.2 Å². The van der Waals surface area contributed by atoms with Crippen LogP contribution in [0.25, 0.3) is 10.9 Å². The second-order valence-electron chi connectivity index (χ2n) is 8.94. The summed E-state index contributed by atoms with van der Waals surface area (Å²) in [5.74, 6) is 0.0791. The van der Waals surface area contributed by atoms with Crippen LogP contribution in [-0.2, 0) is 7.05 Å². The number of likely N-dealkylation sites (tertiary alicyclic amines) is 1. The van der Waals surface area contributed by atoms with E-state index in [4.69, 9.17) is 0 Å². The Balaban J connectivity index is 1.75. The number of alkyl halides is 2. The van der Waals surface area contributed by atoms with Crippen LogP contribution < -0.4 is 10.9 Å². The molecule has 182 valence electrons. The molecule has 6 nitrogen and oxygen atoms in total. The van der Waals surface area contributed by atoms with Gasteiger partial charge in [-0.3, -0.25) is 4.79 Å². The summed E-state index contributed by atoms with van der Waals surface area (Å²) in [6.07, 6.45) is -1.01. The summed E-state index contributed by atoms with van der Waals surface area (Å²) in [5, 5.41) is 3.70. The van der Waals surface area contributed by atoms with E-state index >= 15 is 0 Å². The molecule has 1 aromatic carbocycles. The van der Waals surface area contributed by atoms with Crippen LogP contribution in [0.5, 0.6) is 0 Å². The Bertz CT molecular complexity index is 1250. The monoisotopic (exact) mass is 473 g/mol. The molecule has 3 aromatic rings. The Morgan fingerprint density at radius 3 is 2.50 bits per heavy atom. The number of anilines is 1. The van der Waals surface area contributed by atoms with Gasteiger partial charge < -0.3 is 14.8 Å². The molecule has 0 aliphatic carbocycles. The van der Waals surface area contributed by atoms with Crippen LogP contribution in [0.15, 0.2) is 29.1 Å². The van der Waals surface area contributed by atoms with E-state index in [2.05, 4.69) is 27.1 Å². The molecule has 0 bridgehead atoms. The average Bonchev–Trinajstić information content (AvgIpc) is 2.81. The number of fused-ring (bicyclic) bond motifs is 1. The van der Waals surface area contributed by atoms with Gasteiger partial charge in [-0.05, 0) is 52.4 Å². The average molecular weight is 474 g/mol. The highest BCUT2D eigenvalue weighted by Gasteiger charge is 2.25. The molecule has 1 aliphatic heterocycles. The van der Waals surface area contributed by atoms with E-state index in [0.717, 1.165) is 44.2 Å². The van der Waals surface area contributed by atoms with Gasteiger partial charge in [0.15, 0.2) is 0 Å². The minimum Gasteiger partial charge on any atom is -0.363 e.